The van der Waals surface area contributed by atoms with Crippen LogP contribution in [0.1, 0.15) is 92.4 Å². The van der Waals surface area contributed by atoms with Crippen LogP contribution in [0.15, 0.2) is 0 Å². The summed E-state index contributed by atoms with van der Waals surface area (Å²) >= 11 is 0. The second kappa shape index (κ2) is 9.68. The lowest BCUT2D eigenvalue weighted by Crippen LogP contribution is -2.63. The molecule has 0 heterocycles. The molecule has 35 heavy (non-hydrogen) atoms. The zero-order valence-corrected chi connectivity index (χ0v) is 22.0. The minimum absolute atomic E-state index is 0.00723. The first kappa shape index (κ1) is 26.4. The first-order valence-corrected chi connectivity index (χ1v) is 13.6. The van der Waals surface area contributed by atoms with Gasteiger partial charge in [0.1, 0.15) is 12.2 Å². The highest BCUT2D eigenvalue weighted by Crippen LogP contribution is 2.68. The Kier molecular flexibility index (Phi) is 7.31. The Morgan fingerprint density at radius 3 is 2.29 bits per heavy atom. The third-order valence-electron chi connectivity index (χ3n) is 10.9. The van der Waals surface area contributed by atoms with Crippen molar-refractivity contribution in [3.8, 4) is 0 Å². The van der Waals surface area contributed by atoms with Crippen LogP contribution in [0.5, 0.6) is 0 Å². The maximum Gasteiger partial charge on any atom is 0.303 e. The largest absolute Gasteiger partial charge is 0.481 e. The number of esters is 2. The number of aliphatic hydroxyl groups excluding tert-OH is 1. The molecule has 0 spiro atoms. The van der Waals surface area contributed by atoms with Crippen LogP contribution < -0.4 is 0 Å². The van der Waals surface area contributed by atoms with Crippen LogP contribution in [-0.4, -0.2) is 46.4 Å². The van der Waals surface area contributed by atoms with Crippen LogP contribution in [0.2, 0.25) is 0 Å². The minimum atomic E-state index is -0.772. The molecule has 0 aliphatic heterocycles. The smallest absolute Gasteiger partial charge is 0.303 e. The molecular formula is C28H44O7. The predicted octanol–water partition coefficient (Wildman–Crippen LogP) is 4.59. The SMILES string of the molecule is CC(=O)O[C@@H]1CC[C@]2(C)[C@H](C1)C[C@@H](OC(C)=O)[C@@H]1[C@@H]2C[C@H](O)[C@@]2(C)[C@H]1CC[C@H]2[C@H](C)CCC(=O)O. The zero-order valence-electron chi connectivity index (χ0n) is 22.0. The normalized spacial score (nSPS) is 45.4. The van der Waals surface area contributed by atoms with Crippen LogP contribution in [0.3, 0.4) is 0 Å². The van der Waals surface area contributed by atoms with E-state index in [2.05, 4.69) is 20.8 Å². The van der Waals surface area contributed by atoms with Crippen molar-refractivity contribution in [1.82, 2.24) is 0 Å². The molecule has 4 rings (SSSR count). The van der Waals surface area contributed by atoms with E-state index in [0.717, 1.165) is 38.5 Å². The van der Waals surface area contributed by atoms with Crippen LogP contribution in [0.25, 0.3) is 0 Å². The van der Waals surface area contributed by atoms with E-state index in [0.29, 0.717) is 12.8 Å². The van der Waals surface area contributed by atoms with Gasteiger partial charge >= 0.3 is 17.9 Å². The number of rotatable bonds is 6. The van der Waals surface area contributed by atoms with Crippen molar-refractivity contribution in [1.29, 1.82) is 0 Å². The van der Waals surface area contributed by atoms with Gasteiger partial charge in [0.15, 0.2) is 0 Å². The third-order valence-corrected chi connectivity index (χ3v) is 10.9. The van der Waals surface area contributed by atoms with E-state index in [-0.39, 0.29) is 76.9 Å². The van der Waals surface area contributed by atoms with E-state index in [9.17, 15) is 24.6 Å². The van der Waals surface area contributed by atoms with Gasteiger partial charge in [-0.3, -0.25) is 14.4 Å². The lowest BCUT2D eigenvalue weighted by molar-refractivity contribution is -0.218. The van der Waals surface area contributed by atoms with Gasteiger partial charge < -0.3 is 19.7 Å². The van der Waals surface area contributed by atoms with E-state index in [1.165, 1.54) is 13.8 Å². The molecule has 4 fully saturated rings. The van der Waals surface area contributed by atoms with Crippen LogP contribution in [-0.2, 0) is 23.9 Å². The Morgan fingerprint density at radius 2 is 1.66 bits per heavy atom. The molecular weight excluding hydrogens is 448 g/mol. The second-order valence-electron chi connectivity index (χ2n) is 12.6. The molecule has 0 bridgehead atoms. The maximum absolute atomic E-state index is 12.2. The van der Waals surface area contributed by atoms with Gasteiger partial charge in [-0.2, -0.15) is 0 Å². The molecule has 0 aromatic rings. The van der Waals surface area contributed by atoms with Gasteiger partial charge in [0, 0.05) is 26.2 Å². The number of carboxylic acids is 1. The lowest BCUT2D eigenvalue weighted by Gasteiger charge is -2.64. The number of hydrogen-bond acceptors (Lipinski definition) is 6. The highest BCUT2D eigenvalue weighted by molar-refractivity contribution is 5.67. The number of carbonyl (C=O) groups excluding carboxylic acids is 2. The summed E-state index contributed by atoms with van der Waals surface area (Å²) in [4.78, 5) is 35.0. The number of hydrogen-bond donors (Lipinski definition) is 2. The summed E-state index contributed by atoms with van der Waals surface area (Å²) in [5, 5.41) is 20.9. The second-order valence-corrected chi connectivity index (χ2v) is 12.6. The van der Waals surface area contributed by atoms with E-state index in [1.807, 2.05) is 0 Å². The number of carbonyl (C=O) groups is 3. The third kappa shape index (κ3) is 4.62. The number of carboxylic acid groups (broad SMARTS) is 1. The molecule has 0 unspecified atom stereocenters. The molecule has 4 aliphatic carbocycles. The fourth-order valence-electron chi connectivity index (χ4n) is 9.32. The Balaban J connectivity index is 1.64. The predicted molar refractivity (Wildman–Crippen MR) is 129 cm³/mol. The van der Waals surface area contributed by atoms with E-state index in [4.69, 9.17) is 9.47 Å². The highest BCUT2D eigenvalue weighted by atomic mass is 16.5. The average Bonchev–Trinajstić information content (AvgIpc) is 3.11. The van der Waals surface area contributed by atoms with Gasteiger partial charge in [-0.05, 0) is 91.8 Å². The van der Waals surface area contributed by atoms with Crippen molar-refractivity contribution in [3.05, 3.63) is 0 Å². The Labute approximate surface area is 209 Å². The number of aliphatic carboxylic acids is 1. The number of fused-ring (bicyclic) bond motifs is 5. The van der Waals surface area contributed by atoms with Gasteiger partial charge in [-0.25, -0.2) is 0 Å². The summed E-state index contributed by atoms with van der Waals surface area (Å²) in [6.45, 7) is 9.63. The molecule has 4 aliphatic rings. The minimum Gasteiger partial charge on any atom is -0.481 e. The van der Waals surface area contributed by atoms with Gasteiger partial charge in [0.2, 0.25) is 0 Å². The van der Waals surface area contributed by atoms with Crippen LogP contribution in [0, 0.1) is 46.3 Å². The quantitative estimate of drug-likeness (QED) is 0.522. The maximum atomic E-state index is 12.2. The van der Waals surface area contributed by atoms with Gasteiger partial charge in [0.25, 0.3) is 0 Å². The molecule has 7 heteroatoms. The van der Waals surface area contributed by atoms with Crippen molar-refractivity contribution in [2.24, 2.45) is 46.3 Å². The van der Waals surface area contributed by atoms with E-state index in [1.54, 1.807) is 0 Å². The monoisotopic (exact) mass is 492 g/mol. The fraction of sp³-hybridized carbons (Fsp3) is 0.893. The molecule has 4 saturated carbocycles. The van der Waals surface area contributed by atoms with E-state index < -0.39 is 12.1 Å². The summed E-state index contributed by atoms with van der Waals surface area (Å²) in [5.74, 6) is 0.128. The zero-order chi connectivity index (χ0) is 25.7. The molecule has 0 aromatic heterocycles. The molecule has 0 amide bonds. The van der Waals surface area contributed by atoms with Gasteiger partial charge in [0.05, 0.1) is 6.10 Å². The fourth-order valence-corrected chi connectivity index (χ4v) is 9.32. The van der Waals surface area contributed by atoms with Crippen molar-refractivity contribution >= 4 is 17.9 Å². The summed E-state index contributed by atoms with van der Waals surface area (Å²) in [6.07, 6.45) is 5.99. The molecule has 11 atom stereocenters. The summed E-state index contributed by atoms with van der Waals surface area (Å²) in [5.41, 5.74) is -0.303. The Hall–Kier alpha value is -1.63. The van der Waals surface area contributed by atoms with Gasteiger partial charge in [-0.15, -0.1) is 0 Å². The molecule has 0 saturated heterocycles. The first-order valence-electron chi connectivity index (χ1n) is 13.6. The van der Waals surface area contributed by atoms with Crippen molar-refractivity contribution in [2.75, 3.05) is 0 Å². The first-order chi connectivity index (χ1) is 16.4. The lowest BCUT2D eigenvalue weighted by atomic mass is 9.43. The van der Waals surface area contributed by atoms with Crippen molar-refractivity contribution in [3.63, 3.8) is 0 Å². The molecule has 7 nitrogen and oxygen atoms in total. The van der Waals surface area contributed by atoms with Gasteiger partial charge in [-0.1, -0.05) is 20.8 Å². The molecule has 198 valence electrons. The molecule has 2 N–H and O–H groups in total. The van der Waals surface area contributed by atoms with Crippen molar-refractivity contribution in [2.45, 2.75) is 111 Å². The topological polar surface area (TPSA) is 110 Å². The highest BCUT2D eigenvalue weighted by Gasteiger charge is 2.66. The average molecular weight is 493 g/mol. The Morgan fingerprint density at radius 1 is 0.971 bits per heavy atom. The number of aliphatic hydroxyl groups is 1. The number of ether oxygens (including phenoxy) is 2. The Bertz CT molecular complexity index is 841. The van der Waals surface area contributed by atoms with Crippen LogP contribution >= 0.6 is 0 Å². The standard InChI is InChI=1S/C28H44O7/c1-15(6-9-25(32)33)20-7-8-21-26-22(14-24(31)28(20,21)5)27(4)11-10-19(34-16(2)29)12-18(27)13-23(26)35-17(3)30/h15,18-24,26,31H,6-14H2,1-5H3,(H,32,33)/t15-,18-,19-,20+,21+,22+,23-,24+,26+,27-,28-/m1/s1. The summed E-state index contributed by atoms with van der Waals surface area (Å²) in [6, 6.07) is 0. The van der Waals surface area contributed by atoms with E-state index >= 15 is 0 Å². The van der Waals surface area contributed by atoms with Crippen molar-refractivity contribution < 1.29 is 34.1 Å². The summed E-state index contributed by atoms with van der Waals surface area (Å²) in [7, 11) is 0. The van der Waals surface area contributed by atoms with Crippen LogP contribution in [0.4, 0.5) is 0 Å². The molecule has 0 aromatic carbocycles. The molecule has 0 radical (unpaired) electrons. The summed E-state index contributed by atoms with van der Waals surface area (Å²) < 4.78 is 11.6.